The monoisotopic (exact) mass is 375 g/mol. The largest absolute Gasteiger partial charge is 0.356 e. The summed E-state index contributed by atoms with van der Waals surface area (Å²) in [4.78, 5) is 14.3. The van der Waals surface area contributed by atoms with Gasteiger partial charge in [-0.05, 0) is 24.1 Å². The van der Waals surface area contributed by atoms with E-state index >= 15 is 0 Å². The molecule has 7 heteroatoms. The van der Waals surface area contributed by atoms with E-state index in [9.17, 15) is 4.79 Å². The van der Waals surface area contributed by atoms with E-state index in [1.807, 2.05) is 30.3 Å². The first-order valence-electron chi connectivity index (χ1n) is 7.60. The van der Waals surface area contributed by atoms with Gasteiger partial charge in [0.05, 0.1) is 10.6 Å². The Labute approximate surface area is 153 Å². The standard InChI is InChI=1S/C17H17N3OS3/c1-2-13-8-9-15(23-13)14(21)11-22-17-20-19-16(24-17)18-10-12-6-4-3-5-7-12/h3-9H,2,10-11H2,1H3,(H,18,19). The molecule has 0 spiro atoms. The average Bonchev–Trinajstić information content (AvgIpc) is 3.28. The molecule has 0 radical (unpaired) electrons. The number of carbonyl (C=O) groups is 1. The maximum absolute atomic E-state index is 12.2. The first-order valence-corrected chi connectivity index (χ1v) is 10.2. The van der Waals surface area contributed by atoms with E-state index < -0.39 is 0 Å². The Morgan fingerprint density at radius 2 is 1.96 bits per heavy atom. The summed E-state index contributed by atoms with van der Waals surface area (Å²) < 4.78 is 0.811. The fraction of sp³-hybridized carbons (Fsp3) is 0.235. The predicted octanol–water partition coefficient (Wildman–Crippen LogP) is 4.75. The third kappa shape index (κ3) is 4.66. The van der Waals surface area contributed by atoms with Gasteiger partial charge in [0.2, 0.25) is 5.13 Å². The maximum Gasteiger partial charge on any atom is 0.206 e. The van der Waals surface area contributed by atoms with Gasteiger partial charge in [0, 0.05) is 11.4 Å². The van der Waals surface area contributed by atoms with E-state index in [0.717, 1.165) is 20.8 Å². The van der Waals surface area contributed by atoms with Gasteiger partial charge in [-0.15, -0.1) is 21.5 Å². The zero-order chi connectivity index (χ0) is 16.8. The Bertz CT molecular complexity index is 798. The van der Waals surface area contributed by atoms with E-state index in [2.05, 4.69) is 34.6 Å². The second-order valence-electron chi connectivity index (χ2n) is 5.04. The number of aryl methyl sites for hydroxylation is 1. The Balaban J connectivity index is 1.49. The number of aromatic nitrogens is 2. The lowest BCUT2D eigenvalue weighted by atomic mass is 10.2. The Hall–Kier alpha value is -1.70. The molecule has 2 aromatic heterocycles. The molecule has 1 N–H and O–H groups in total. The van der Waals surface area contributed by atoms with Gasteiger partial charge in [-0.1, -0.05) is 60.4 Å². The number of hydrogen-bond acceptors (Lipinski definition) is 7. The molecule has 4 nitrogen and oxygen atoms in total. The summed E-state index contributed by atoms with van der Waals surface area (Å²) in [5.74, 6) is 0.551. The van der Waals surface area contributed by atoms with Crippen LogP contribution in [0, 0.1) is 0 Å². The smallest absolute Gasteiger partial charge is 0.206 e. The highest BCUT2D eigenvalue weighted by Crippen LogP contribution is 2.27. The number of nitrogens with one attached hydrogen (secondary N) is 1. The summed E-state index contributed by atoms with van der Waals surface area (Å²) in [5.41, 5.74) is 1.20. The van der Waals surface area contributed by atoms with Crippen molar-refractivity contribution in [1.82, 2.24) is 10.2 Å². The second-order valence-corrected chi connectivity index (χ2v) is 8.41. The van der Waals surface area contributed by atoms with Crippen molar-refractivity contribution in [2.75, 3.05) is 11.1 Å². The molecule has 0 fully saturated rings. The van der Waals surface area contributed by atoms with E-state index in [-0.39, 0.29) is 5.78 Å². The highest BCUT2D eigenvalue weighted by Gasteiger charge is 2.12. The van der Waals surface area contributed by atoms with Crippen LogP contribution in [-0.4, -0.2) is 21.7 Å². The molecule has 3 aromatic rings. The topological polar surface area (TPSA) is 54.9 Å². The number of Topliss-reactive ketones (excluding diaryl/α,β-unsaturated/α-hetero) is 1. The average molecular weight is 376 g/mol. The third-order valence-corrected chi connectivity index (χ3v) is 6.59. The van der Waals surface area contributed by atoms with Crippen LogP contribution in [0.25, 0.3) is 0 Å². The van der Waals surface area contributed by atoms with E-state index in [0.29, 0.717) is 12.3 Å². The van der Waals surface area contributed by atoms with Gasteiger partial charge in [-0.2, -0.15) is 0 Å². The molecule has 0 bridgehead atoms. The number of nitrogens with zero attached hydrogens (tertiary/aromatic N) is 2. The minimum Gasteiger partial charge on any atom is -0.356 e. The number of hydrogen-bond donors (Lipinski definition) is 1. The molecule has 3 rings (SSSR count). The molecule has 0 unspecified atom stereocenters. The van der Waals surface area contributed by atoms with Crippen LogP contribution in [0.5, 0.6) is 0 Å². The number of ketones is 1. The second kappa shape index (κ2) is 8.41. The molecule has 0 aliphatic carbocycles. The van der Waals surface area contributed by atoms with Gasteiger partial charge in [0.25, 0.3) is 0 Å². The number of thioether (sulfide) groups is 1. The molecule has 0 saturated heterocycles. The fourth-order valence-electron chi connectivity index (χ4n) is 2.03. The zero-order valence-electron chi connectivity index (χ0n) is 13.2. The van der Waals surface area contributed by atoms with Crippen molar-refractivity contribution in [3.8, 4) is 0 Å². The molecule has 24 heavy (non-hydrogen) atoms. The predicted molar refractivity (Wildman–Crippen MR) is 102 cm³/mol. The molecule has 0 atom stereocenters. The number of carbonyl (C=O) groups excluding carboxylic acids is 1. The summed E-state index contributed by atoms with van der Waals surface area (Å²) >= 11 is 4.50. The molecule has 0 saturated carbocycles. The van der Waals surface area contributed by atoms with Gasteiger partial charge in [0.15, 0.2) is 10.1 Å². The van der Waals surface area contributed by atoms with E-state index in [4.69, 9.17) is 0 Å². The molecular formula is C17H17N3OS3. The lowest BCUT2D eigenvalue weighted by Gasteiger charge is -2.00. The zero-order valence-corrected chi connectivity index (χ0v) is 15.6. The van der Waals surface area contributed by atoms with Crippen molar-refractivity contribution in [2.45, 2.75) is 24.2 Å². The fourth-order valence-corrected chi connectivity index (χ4v) is 4.64. The quantitative estimate of drug-likeness (QED) is 0.455. The summed E-state index contributed by atoms with van der Waals surface area (Å²) in [6, 6.07) is 14.1. The molecule has 0 aliphatic rings. The first kappa shape index (κ1) is 17.1. The van der Waals surface area contributed by atoms with E-state index in [1.54, 1.807) is 11.3 Å². The van der Waals surface area contributed by atoms with Crippen molar-refractivity contribution >= 4 is 45.4 Å². The first-order chi connectivity index (χ1) is 11.7. The lowest BCUT2D eigenvalue weighted by Crippen LogP contribution is -1.98. The molecule has 0 aliphatic heterocycles. The highest BCUT2D eigenvalue weighted by atomic mass is 32.2. The number of rotatable bonds is 8. The molecule has 1 aromatic carbocycles. The van der Waals surface area contributed by atoms with Gasteiger partial charge in [-0.25, -0.2) is 0 Å². The van der Waals surface area contributed by atoms with Crippen molar-refractivity contribution < 1.29 is 4.79 Å². The van der Waals surface area contributed by atoms with Gasteiger partial charge in [0.1, 0.15) is 0 Å². The molecular weight excluding hydrogens is 358 g/mol. The number of benzene rings is 1. The highest BCUT2D eigenvalue weighted by molar-refractivity contribution is 8.01. The number of thiophene rings is 1. The SMILES string of the molecule is CCc1ccc(C(=O)CSc2nnc(NCc3ccccc3)s2)s1. The summed E-state index contributed by atoms with van der Waals surface area (Å²) in [7, 11) is 0. The Kier molecular flexibility index (Phi) is 6.01. The van der Waals surface area contributed by atoms with Crippen molar-refractivity contribution in [1.29, 1.82) is 0 Å². The Morgan fingerprint density at radius 1 is 1.12 bits per heavy atom. The van der Waals surface area contributed by atoms with E-state index in [1.165, 1.54) is 33.5 Å². The summed E-state index contributed by atoms with van der Waals surface area (Å²) in [6.07, 6.45) is 0.970. The summed E-state index contributed by atoms with van der Waals surface area (Å²) in [6.45, 7) is 2.81. The minimum absolute atomic E-state index is 0.152. The van der Waals surface area contributed by atoms with Crippen LogP contribution < -0.4 is 5.32 Å². The third-order valence-electron chi connectivity index (χ3n) is 3.30. The van der Waals surface area contributed by atoms with Gasteiger partial charge < -0.3 is 5.32 Å². The van der Waals surface area contributed by atoms with Crippen molar-refractivity contribution in [3.63, 3.8) is 0 Å². The van der Waals surface area contributed by atoms with Crippen LogP contribution in [-0.2, 0) is 13.0 Å². The van der Waals surface area contributed by atoms with Crippen LogP contribution in [0.2, 0.25) is 0 Å². The van der Waals surface area contributed by atoms with Crippen LogP contribution >= 0.6 is 34.4 Å². The van der Waals surface area contributed by atoms with Crippen molar-refractivity contribution in [3.05, 3.63) is 57.8 Å². The maximum atomic E-state index is 12.2. The minimum atomic E-state index is 0.152. The van der Waals surface area contributed by atoms with Gasteiger partial charge in [-0.3, -0.25) is 4.79 Å². The molecule has 124 valence electrons. The van der Waals surface area contributed by atoms with Crippen molar-refractivity contribution in [2.24, 2.45) is 0 Å². The normalized spacial score (nSPS) is 10.7. The number of anilines is 1. The Morgan fingerprint density at radius 3 is 2.71 bits per heavy atom. The lowest BCUT2D eigenvalue weighted by molar-refractivity contribution is 0.102. The molecule has 2 heterocycles. The van der Waals surface area contributed by atoms with Crippen LogP contribution in [0.15, 0.2) is 46.8 Å². The van der Waals surface area contributed by atoms with Gasteiger partial charge >= 0.3 is 0 Å². The summed E-state index contributed by atoms with van der Waals surface area (Å²) in [5, 5.41) is 12.3. The molecule has 0 amide bonds. The van der Waals surface area contributed by atoms with Crippen LogP contribution in [0.1, 0.15) is 27.0 Å². The van der Waals surface area contributed by atoms with Crippen LogP contribution in [0.3, 0.4) is 0 Å². The van der Waals surface area contributed by atoms with Crippen LogP contribution in [0.4, 0.5) is 5.13 Å².